The van der Waals surface area contributed by atoms with Crippen LogP contribution in [0.3, 0.4) is 0 Å². The third-order valence-corrected chi connectivity index (χ3v) is 3.81. The maximum atomic E-state index is 12.1. The second-order valence-electron chi connectivity index (χ2n) is 5.71. The van der Waals surface area contributed by atoms with Crippen molar-refractivity contribution in [1.82, 2.24) is 4.98 Å². The topological polar surface area (TPSA) is 57.7 Å². The van der Waals surface area contributed by atoms with E-state index in [9.17, 15) is 4.79 Å². The molecule has 0 unspecified atom stereocenters. The number of pyridine rings is 1. The molecule has 27 heavy (non-hydrogen) atoms. The highest BCUT2D eigenvalue weighted by molar-refractivity contribution is 5.90. The smallest absolute Gasteiger partial charge is 0.336 e. The Morgan fingerprint density at radius 2 is 1.78 bits per heavy atom. The zero-order chi connectivity index (χ0) is 19.1. The van der Waals surface area contributed by atoms with Gasteiger partial charge >= 0.3 is 5.97 Å². The van der Waals surface area contributed by atoms with E-state index in [0.29, 0.717) is 30.5 Å². The van der Waals surface area contributed by atoms with E-state index in [4.69, 9.17) is 14.2 Å². The molecular formula is C22H21NO4. The Kier molecular flexibility index (Phi) is 6.05. The molecule has 3 rings (SSSR count). The number of benzene rings is 2. The predicted molar refractivity (Wildman–Crippen MR) is 105 cm³/mol. The standard InChI is InChI=1S/C22H21NO4/c1-3-25-20-9-5-16(13-21(20)26-4-2)6-10-22(24)27-19-8-7-17-11-12-23-15-18(17)14-19/h5-15H,3-4H2,1-2H3/b10-6+. The second-order valence-corrected chi connectivity index (χ2v) is 5.71. The summed E-state index contributed by atoms with van der Waals surface area (Å²) in [6.07, 6.45) is 6.53. The molecule has 0 radical (unpaired) electrons. The van der Waals surface area contributed by atoms with Gasteiger partial charge in [0.1, 0.15) is 5.75 Å². The lowest BCUT2D eigenvalue weighted by Gasteiger charge is -2.11. The van der Waals surface area contributed by atoms with Gasteiger partial charge in [0, 0.05) is 23.9 Å². The fraction of sp³-hybridized carbons (Fsp3) is 0.182. The fourth-order valence-corrected chi connectivity index (χ4v) is 2.61. The molecule has 5 heteroatoms. The van der Waals surface area contributed by atoms with Crippen molar-refractivity contribution in [3.8, 4) is 17.2 Å². The van der Waals surface area contributed by atoms with E-state index >= 15 is 0 Å². The average Bonchev–Trinajstić information content (AvgIpc) is 2.68. The molecule has 0 aliphatic rings. The molecule has 0 saturated heterocycles. The van der Waals surface area contributed by atoms with E-state index < -0.39 is 5.97 Å². The molecule has 0 amide bonds. The quantitative estimate of drug-likeness (QED) is 0.347. The number of aromatic nitrogens is 1. The highest BCUT2D eigenvalue weighted by Gasteiger charge is 2.06. The van der Waals surface area contributed by atoms with Crippen LogP contribution < -0.4 is 14.2 Å². The van der Waals surface area contributed by atoms with Gasteiger partial charge in [0.25, 0.3) is 0 Å². The Labute approximate surface area is 158 Å². The lowest BCUT2D eigenvalue weighted by atomic mass is 10.2. The molecule has 0 N–H and O–H groups in total. The molecule has 1 aromatic heterocycles. The van der Waals surface area contributed by atoms with Crippen LogP contribution in [0.2, 0.25) is 0 Å². The van der Waals surface area contributed by atoms with Crippen molar-refractivity contribution >= 4 is 22.8 Å². The molecule has 0 fully saturated rings. The van der Waals surface area contributed by atoms with Gasteiger partial charge in [-0.25, -0.2) is 4.79 Å². The van der Waals surface area contributed by atoms with Gasteiger partial charge in [0.2, 0.25) is 0 Å². The number of hydrogen-bond donors (Lipinski definition) is 0. The second kappa shape index (κ2) is 8.85. The SMILES string of the molecule is CCOc1ccc(/C=C/C(=O)Oc2ccc3ccncc3c2)cc1OCC. The Morgan fingerprint density at radius 1 is 0.963 bits per heavy atom. The summed E-state index contributed by atoms with van der Waals surface area (Å²) in [6.45, 7) is 4.92. The summed E-state index contributed by atoms with van der Waals surface area (Å²) in [4.78, 5) is 16.2. The van der Waals surface area contributed by atoms with Crippen LogP contribution >= 0.6 is 0 Å². The summed E-state index contributed by atoms with van der Waals surface area (Å²) in [6, 6.07) is 12.9. The molecule has 0 aliphatic heterocycles. The fourth-order valence-electron chi connectivity index (χ4n) is 2.61. The molecule has 5 nitrogen and oxygen atoms in total. The summed E-state index contributed by atoms with van der Waals surface area (Å²) in [5.74, 6) is 1.36. The van der Waals surface area contributed by atoms with Crippen molar-refractivity contribution in [1.29, 1.82) is 0 Å². The molecule has 3 aromatic rings. The Hall–Kier alpha value is -3.34. The minimum Gasteiger partial charge on any atom is -0.490 e. The van der Waals surface area contributed by atoms with Crippen molar-refractivity contribution in [2.75, 3.05) is 13.2 Å². The highest BCUT2D eigenvalue weighted by atomic mass is 16.5. The van der Waals surface area contributed by atoms with E-state index in [0.717, 1.165) is 16.3 Å². The van der Waals surface area contributed by atoms with E-state index in [1.54, 1.807) is 30.6 Å². The number of carbonyl (C=O) groups excluding carboxylic acids is 1. The number of hydrogen-bond acceptors (Lipinski definition) is 5. The Morgan fingerprint density at radius 3 is 2.59 bits per heavy atom. The molecular weight excluding hydrogens is 342 g/mol. The van der Waals surface area contributed by atoms with Crippen LogP contribution in [-0.2, 0) is 4.79 Å². The summed E-state index contributed by atoms with van der Waals surface area (Å²) < 4.78 is 16.5. The summed E-state index contributed by atoms with van der Waals surface area (Å²) in [5.41, 5.74) is 0.821. The zero-order valence-electron chi connectivity index (χ0n) is 15.3. The minimum atomic E-state index is -0.454. The van der Waals surface area contributed by atoms with Crippen LogP contribution in [-0.4, -0.2) is 24.2 Å². The number of ether oxygens (including phenoxy) is 3. The van der Waals surface area contributed by atoms with Gasteiger partial charge in [0.05, 0.1) is 13.2 Å². The van der Waals surface area contributed by atoms with Crippen molar-refractivity contribution in [2.24, 2.45) is 0 Å². The van der Waals surface area contributed by atoms with Crippen LogP contribution in [0.15, 0.2) is 60.9 Å². The van der Waals surface area contributed by atoms with E-state index in [1.807, 2.05) is 44.2 Å². The van der Waals surface area contributed by atoms with Gasteiger partial charge in [-0.15, -0.1) is 0 Å². The van der Waals surface area contributed by atoms with Gasteiger partial charge < -0.3 is 14.2 Å². The van der Waals surface area contributed by atoms with Crippen LogP contribution in [0.5, 0.6) is 17.2 Å². The van der Waals surface area contributed by atoms with Crippen molar-refractivity contribution in [3.63, 3.8) is 0 Å². The summed E-state index contributed by atoms with van der Waals surface area (Å²) in [7, 11) is 0. The van der Waals surface area contributed by atoms with Crippen LogP contribution in [0, 0.1) is 0 Å². The summed E-state index contributed by atoms with van der Waals surface area (Å²) >= 11 is 0. The molecule has 0 atom stereocenters. The number of nitrogens with zero attached hydrogens (tertiary/aromatic N) is 1. The maximum absolute atomic E-state index is 12.1. The first-order chi connectivity index (χ1) is 13.2. The number of esters is 1. The Balaban J connectivity index is 1.70. The molecule has 0 saturated carbocycles. The lowest BCUT2D eigenvalue weighted by Crippen LogP contribution is -2.03. The highest BCUT2D eigenvalue weighted by Crippen LogP contribution is 2.29. The van der Waals surface area contributed by atoms with E-state index in [-0.39, 0.29) is 0 Å². The third-order valence-electron chi connectivity index (χ3n) is 3.81. The predicted octanol–water partition coefficient (Wildman–Crippen LogP) is 4.65. The third kappa shape index (κ3) is 4.85. The first-order valence-electron chi connectivity index (χ1n) is 8.83. The van der Waals surface area contributed by atoms with Crippen LogP contribution in [0.1, 0.15) is 19.4 Å². The first-order valence-corrected chi connectivity index (χ1v) is 8.83. The summed E-state index contributed by atoms with van der Waals surface area (Å²) in [5, 5.41) is 1.96. The largest absolute Gasteiger partial charge is 0.490 e. The molecule has 2 aromatic carbocycles. The molecule has 1 heterocycles. The van der Waals surface area contributed by atoms with Crippen molar-refractivity contribution < 1.29 is 19.0 Å². The number of rotatable bonds is 7. The first kappa shape index (κ1) is 18.5. The maximum Gasteiger partial charge on any atom is 0.336 e. The van der Waals surface area contributed by atoms with E-state index in [1.165, 1.54) is 6.08 Å². The normalized spacial score (nSPS) is 10.9. The lowest BCUT2D eigenvalue weighted by molar-refractivity contribution is -0.128. The monoisotopic (exact) mass is 363 g/mol. The van der Waals surface area contributed by atoms with Gasteiger partial charge in [0.15, 0.2) is 11.5 Å². The molecule has 0 aliphatic carbocycles. The van der Waals surface area contributed by atoms with Gasteiger partial charge in [-0.05, 0) is 61.2 Å². The minimum absolute atomic E-state index is 0.454. The zero-order valence-corrected chi connectivity index (χ0v) is 15.3. The van der Waals surface area contributed by atoms with Crippen LogP contribution in [0.4, 0.5) is 0 Å². The molecule has 0 spiro atoms. The molecule has 0 bridgehead atoms. The van der Waals surface area contributed by atoms with Gasteiger partial charge in [-0.1, -0.05) is 12.1 Å². The molecule has 138 valence electrons. The van der Waals surface area contributed by atoms with Gasteiger partial charge in [-0.3, -0.25) is 4.98 Å². The van der Waals surface area contributed by atoms with Crippen molar-refractivity contribution in [3.05, 3.63) is 66.5 Å². The number of fused-ring (bicyclic) bond motifs is 1. The van der Waals surface area contributed by atoms with Gasteiger partial charge in [-0.2, -0.15) is 0 Å². The Bertz CT molecular complexity index is 965. The number of carbonyl (C=O) groups is 1. The van der Waals surface area contributed by atoms with E-state index in [2.05, 4.69) is 4.98 Å². The van der Waals surface area contributed by atoms with Crippen LogP contribution in [0.25, 0.3) is 16.8 Å². The van der Waals surface area contributed by atoms with Crippen molar-refractivity contribution in [2.45, 2.75) is 13.8 Å². The average molecular weight is 363 g/mol.